The van der Waals surface area contributed by atoms with Crippen molar-refractivity contribution < 1.29 is 13.7 Å². The van der Waals surface area contributed by atoms with Gasteiger partial charge in [0.15, 0.2) is 5.82 Å². The largest absolute Gasteiger partial charge is 0.349 e. The van der Waals surface area contributed by atoms with Gasteiger partial charge < -0.3 is 9.84 Å². The van der Waals surface area contributed by atoms with Gasteiger partial charge in [0.2, 0.25) is 5.91 Å². The van der Waals surface area contributed by atoms with Crippen LogP contribution < -0.4 is 5.32 Å². The molecule has 1 aliphatic carbocycles. The van der Waals surface area contributed by atoms with Crippen LogP contribution in [0.4, 0.5) is 4.39 Å². The highest BCUT2D eigenvalue weighted by atomic mass is 19.1. The summed E-state index contributed by atoms with van der Waals surface area (Å²) in [6, 6.07) is 5.80. The third-order valence-electron chi connectivity index (χ3n) is 3.17. The van der Waals surface area contributed by atoms with Gasteiger partial charge in [0.25, 0.3) is 5.89 Å². The molecule has 0 atom stereocenters. The van der Waals surface area contributed by atoms with Gasteiger partial charge in [-0.25, -0.2) is 4.39 Å². The zero-order valence-corrected chi connectivity index (χ0v) is 10.8. The molecule has 1 fully saturated rings. The van der Waals surface area contributed by atoms with Crippen LogP contribution in [0.25, 0.3) is 11.5 Å². The minimum atomic E-state index is -0.319. The number of carbonyl (C=O) groups is 1. The van der Waals surface area contributed by atoms with Crippen LogP contribution in [-0.2, 0) is 11.3 Å². The molecular weight excluding hydrogens is 261 g/mol. The highest BCUT2D eigenvalue weighted by Gasteiger charge is 2.24. The second-order valence-electron chi connectivity index (χ2n) is 4.95. The van der Waals surface area contributed by atoms with Crippen molar-refractivity contribution in [3.05, 3.63) is 35.9 Å². The average Bonchev–Trinajstić information content (AvgIpc) is 3.12. The Labute approximate surface area is 115 Å². The molecule has 1 aromatic heterocycles. The Kier molecular flexibility index (Phi) is 3.45. The quantitative estimate of drug-likeness (QED) is 0.909. The summed E-state index contributed by atoms with van der Waals surface area (Å²) in [5.41, 5.74) is 0.648. The van der Waals surface area contributed by atoms with Crippen LogP contribution in [0.1, 0.15) is 25.1 Å². The van der Waals surface area contributed by atoms with Crippen LogP contribution in [0.2, 0.25) is 0 Å². The van der Waals surface area contributed by atoms with Crippen molar-refractivity contribution in [2.24, 2.45) is 5.92 Å². The first kappa shape index (κ1) is 12.8. The van der Waals surface area contributed by atoms with E-state index in [0.717, 1.165) is 12.8 Å². The molecule has 3 rings (SSSR count). The van der Waals surface area contributed by atoms with E-state index in [0.29, 0.717) is 29.6 Å². The molecule has 1 aliphatic rings. The number of nitrogens with one attached hydrogen (secondary N) is 1. The van der Waals surface area contributed by atoms with Crippen molar-refractivity contribution in [2.45, 2.75) is 25.8 Å². The number of carbonyl (C=O) groups excluding carboxylic acids is 1. The summed E-state index contributed by atoms with van der Waals surface area (Å²) in [7, 11) is 0. The van der Waals surface area contributed by atoms with Gasteiger partial charge in [-0.3, -0.25) is 4.79 Å². The van der Waals surface area contributed by atoms with Crippen molar-refractivity contribution in [1.82, 2.24) is 15.5 Å². The van der Waals surface area contributed by atoms with E-state index in [4.69, 9.17) is 4.52 Å². The first-order valence-corrected chi connectivity index (χ1v) is 6.56. The summed E-state index contributed by atoms with van der Waals surface area (Å²) >= 11 is 0. The Morgan fingerprint density at radius 2 is 2.10 bits per heavy atom. The minimum absolute atomic E-state index is 0.0145. The number of hydrogen-bond acceptors (Lipinski definition) is 4. The second kappa shape index (κ2) is 5.40. The van der Waals surface area contributed by atoms with Gasteiger partial charge in [0.05, 0.1) is 6.54 Å². The normalized spacial score (nSPS) is 14.2. The summed E-state index contributed by atoms with van der Waals surface area (Å²) < 4.78 is 17.9. The smallest absolute Gasteiger partial charge is 0.257 e. The molecule has 5 nitrogen and oxygen atoms in total. The maximum absolute atomic E-state index is 12.8. The van der Waals surface area contributed by atoms with E-state index in [9.17, 15) is 9.18 Å². The molecule has 1 heterocycles. The van der Waals surface area contributed by atoms with E-state index < -0.39 is 0 Å². The minimum Gasteiger partial charge on any atom is -0.349 e. The molecule has 0 radical (unpaired) electrons. The maximum atomic E-state index is 12.8. The zero-order valence-electron chi connectivity index (χ0n) is 10.8. The molecule has 0 spiro atoms. The molecule has 1 saturated carbocycles. The number of nitrogens with zero attached hydrogens (tertiary/aromatic N) is 2. The third-order valence-corrected chi connectivity index (χ3v) is 3.17. The van der Waals surface area contributed by atoms with Gasteiger partial charge in [0, 0.05) is 12.0 Å². The van der Waals surface area contributed by atoms with E-state index in [1.165, 1.54) is 12.1 Å². The summed E-state index contributed by atoms with van der Waals surface area (Å²) in [6.45, 7) is 0.246. The lowest BCUT2D eigenvalue weighted by Gasteiger charge is -1.99. The Morgan fingerprint density at radius 1 is 1.35 bits per heavy atom. The Bertz CT molecular complexity index is 605. The molecule has 0 saturated heterocycles. The van der Waals surface area contributed by atoms with E-state index in [2.05, 4.69) is 15.5 Å². The molecule has 1 aromatic carbocycles. The maximum Gasteiger partial charge on any atom is 0.257 e. The Hall–Kier alpha value is -2.24. The van der Waals surface area contributed by atoms with Crippen LogP contribution in [-0.4, -0.2) is 16.0 Å². The topological polar surface area (TPSA) is 68.0 Å². The van der Waals surface area contributed by atoms with E-state index in [-0.39, 0.29) is 18.3 Å². The summed E-state index contributed by atoms with van der Waals surface area (Å²) in [5.74, 6) is 0.974. The summed E-state index contributed by atoms with van der Waals surface area (Å²) in [4.78, 5) is 15.7. The van der Waals surface area contributed by atoms with Crippen molar-refractivity contribution in [3.8, 4) is 11.5 Å². The highest BCUT2D eigenvalue weighted by molar-refractivity contribution is 5.76. The predicted octanol–water partition coefficient (Wildman–Crippen LogP) is 2.29. The Balaban J connectivity index is 1.58. The number of halogens is 1. The highest BCUT2D eigenvalue weighted by Crippen LogP contribution is 2.32. The van der Waals surface area contributed by atoms with Crippen molar-refractivity contribution in [3.63, 3.8) is 0 Å². The lowest BCUT2D eigenvalue weighted by molar-refractivity contribution is -0.121. The molecule has 6 heteroatoms. The van der Waals surface area contributed by atoms with Gasteiger partial charge in [-0.15, -0.1) is 0 Å². The van der Waals surface area contributed by atoms with Crippen molar-refractivity contribution in [1.29, 1.82) is 0 Å². The first-order valence-electron chi connectivity index (χ1n) is 6.56. The van der Waals surface area contributed by atoms with Gasteiger partial charge in [0.1, 0.15) is 5.82 Å². The lowest BCUT2D eigenvalue weighted by Crippen LogP contribution is -2.23. The van der Waals surface area contributed by atoms with Crippen LogP contribution in [0, 0.1) is 11.7 Å². The van der Waals surface area contributed by atoms with Crippen molar-refractivity contribution >= 4 is 5.91 Å². The summed E-state index contributed by atoms with van der Waals surface area (Å²) in [5, 5.41) is 6.55. The van der Waals surface area contributed by atoms with Gasteiger partial charge >= 0.3 is 0 Å². The summed E-state index contributed by atoms with van der Waals surface area (Å²) in [6.07, 6.45) is 2.86. The van der Waals surface area contributed by atoms with Gasteiger partial charge in [-0.1, -0.05) is 5.16 Å². The molecule has 1 amide bonds. The van der Waals surface area contributed by atoms with E-state index in [1.807, 2.05) is 0 Å². The number of aromatic nitrogens is 2. The fourth-order valence-corrected chi connectivity index (χ4v) is 1.87. The predicted molar refractivity (Wildman–Crippen MR) is 68.9 cm³/mol. The fraction of sp³-hybridized carbons (Fsp3) is 0.357. The monoisotopic (exact) mass is 275 g/mol. The second-order valence-corrected chi connectivity index (χ2v) is 4.95. The number of benzene rings is 1. The van der Waals surface area contributed by atoms with Crippen LogP contribution >= 0.6 is 0 Å². The molecular formula is C14H14FN3O2. The standard InChI is InChI=1S/C14H14FN3O2/c15-11-5-3-10(4-6-11)14-17-12(18-20-14)8-16-13(19)7-9-1-2-9/h3-6,9H,1-2,7-8H2,(H,16,19). The van der Waals surface area contributed by atoms with Gasteiger partial charge in [-0.2, -0.15) is 4.98 Å². The molecule has 2 aromatic rings. The average molecular weight is 275 g/mol. The van der Waals surface area contributed by atoms with Crippen molar-refractivity contribution in [2.75, 3.05) is 0 Å². The molecule has 20 heavy (non-hydrogen) atoms. The Morgan fingerprint density at radius 3 is 2.80 bits per heavy atom. The van der Waals surface area contributed by atoms with Crippen LogP contribution in [0.15, 0.2) is 28.8 Å². The number of rotatable bonds is 5. The molecule has 0 bridgehead atoms. The van der Waals surface area contributed by atoms with E-state index >= 15 is 0 Å². The molecule has 104 valence electrons. The van der Waals surface area contributed by atoms with Crippen LogP contribution in [0.3, 0.4) is 0 Å². The lowest BCUT2D eigenvalue weighted by atomic mass is 10.2. The molecule has 1 N–H and O–H groups in total. The number of amides is 1. The van der Waals surface area contributed by atoms with Gasteiger partial charge in [-0.05, 0) is 43.0 Å². The first-order chi connectivity index (χ1) is 9.70. The van der Waals surface area contributed by atoms with E-state index in [1.54, 1.807) is 12.1 Å². The zero-order chi connectivity index (χ0) is 13.9. The SMILES string of the molecule is O=C(CC1CC1)NCc1noc(-c2ccc(F)cc2)n1. The molecule has 0 unspecified atom stereocenters. The fourth-order valence-electron chi connectivity index (χ4n) is 1.87. The molecule has 0 aliphatic heterocycles. The van der Waals surface area contributed by atoms with Crippen LogP contribution in [0.5, 0.6) is 0 Å². The number of hydrogen-bond donors (Lipinski definition) is 1. The third kappa shape index (κ3) is 3.20.